The van der Waals surface area contributed by atoms with Gasteiger partial charge in [0.05, 0.1) is 34.2 Å². The summed E-state index contributed by atoms with van der Waals surface area (Å²) in [5, 5.41) is 0. The standard InChI is InChI=1S/C9H15N2O2.F6P/c1-11(2,3)7-6-10-8(12)4-5-9(10)13;1-7(2,3,4,5)6/h4-5H,6-7H2,1-3H3;/q+1;-1. The van der Waals surface area contributed by atoms with E-state index in [1.54, 1.807) is 0 Å². The number of nitrogens with zero attached hydrogens (tertiary/aromatic N) is 2. The van der Waals surface area contributed by atoms with E-state index in [1.165, 1.54) is 17.1 Å². The molecule has 0 saturated carbocycles. The molecule has 20 heavy (non-hydrogen) atoms. The molecule has 1 aliphatic heterocycles. The average molecular weight is 328 g/mol. The third kappa shape index (κ3) is 13.3. The molecule has 0 saturated heterocycles. The van der Waals surface area contributed by atoms with E-state index in [-0.39, 0.29) is 11.8 Å². The number of hydrogen-bond donors (Lipinski definition) is 0. The van der Waals surface area contributed by atoms with E-state index >= 15 is 0 Å². The SMILES string of the molecule is C[N+](C)(C)CCN1C(=O)C=CC1=O.F[P-](F)(F)(F)(F)F. The molecule has 0 unspecified atom stereocenters. The fourth-order valence-electron chi connectivity index (χ4n) is 1.05. The summed E-state index contributed by atoms with van der Waals surface area (Å²) in [5.74, 6) is -0.392. The molecular weight excluding hydrogens is 313 g/mol. The fraction of sp³-hybridized carbons (Fsp3) is 0.556. The van der Waals surface area contributed by atoms with Crippen molar-refractivity contribution in [2.75, 3.05) is 34.2 Å². The van der Waals surface area contributed by atoms with E-state index in [0.29, 0.717) is 6.54 Å². The summed E-state index contributed by atoms with van der Waals surface area (Å²) in [6.45, 7) is 1.27. The Hall–Kier alpha value is -1.15. The first-order chi connectivity index (χ1) is 8.35. The zero-order valence-electron chi connectivity index (χ0n) is 11.0. The van der Waals surface area contributed by atoms with Gasteiger partial charge in [0.25, 0.3) is 11.8 Å². The Morgan fingerprint density at radius 2 is 1.25 bits per heavy atom. The van der Waals surface area contributed by atoms with Crippen molar-refractivity contribution in [3.8, 4) is 0 Å². The molecule has 2 amide bonds. The monoisotopic (exact) mass is 328 g/mol. The molecule has 4 nitrogen and oxygen atoms in total. The second-order valence-electron chi connectivity index (χ2n) is 5.13. The van der Waals surface area contributed by atoms with E-state index in [4.69, 9.17) is 0 Å². The second kappa shape index (κ2) is 4.70. The van der Waals surface area contributed by atoms with E-state index in [2.05, 4.69) is 0 Å². The minimum atomic E-state index is -10.7. The normalized spacial score (nSPS) is 19.4. The van der Waals surface area contributed by atoms with Gasteiger partial charge in [-0.15, -0.1) is 0 Å². The molecule has 0 aliphatic carbocycles. The molecule has 1 aliphatic rings. The van der Waals surface area contributed by atoms with Crippen LogP contribution in [0.4, 0.5) is 25.2 Å². The number of halogens is 6. The summed E-state index contributed by atoms with van der Waals surface area (Å²) in [4.78, 5) is 23.5. The van der Waals surface area contributed by atoms with Gasteiger partial charge in [-0.05, 0) is 0 Å². The van der Waals surface area contributed by atoms with Crippen LogP contribution in [-0.2, 0) is 9.59 Å². The van der Waals surface area contributed by atoms with Gasteiger partial charge in [-0.2, -0.15) is 0 Å². The average Bonchev–Trinajstić information content (AvgIpc) is 2.36. The van der Waals surface area contributed by atoms with E-state index in [1.807, 2.05) is 21.1 Å². The number of amides is 2. The summed E-state index contributed by atoms with van der Waals surface area (Å²) >= 11 is 0. The van der Waals surface area contributed by atoms with Crippen molar-refractivity contribution >= 4 is 19.6 Å². The van der Waals surface area contributed by atoms with Crippen LogP contribution in [0.25, 0.3) is 0 Å². The third-order valence-electron chi connectivity index (χ3n) is 1.89. The van der Waals surface area contributed by atoms with Gasteiger partial charge < -0.3 is 4.48 Å². The number of carbonyl (C=O) groups is 2. The topological polar surface area (TPSA) is 37.4 Å². The van der Waals surface area contributed by atoms with Crippen LogP contribution in [0.3, 0.4) is 0 Å². The van der Waals surface area contributed by atoms with Crippen LogP contribution in [0.5, 0.6) is 0 Å². The number of hydrogen-bond acceptors (Lipinski definition) is 2. The number of quaternary nitrogens is 1. The number of imide groups is 1. The molecule has 0 aromatic heterocycles. The Bertz CT molecular complexity index is 407. The predicted molar refractivity (Wildman–Crippen MR) is 62.3 cm³/mol. The first-order valence-electron chi connectivity index (χ1n) is 5.25. The van der Waals surface area contributed by atoms with Gasteiger partial charge >= 0.3 is 33.0 Å². The molecule has 0 spiro atoms. The Kier molecular flexibility index (Phi) is 4.43. The van der Waals surface area contributed by atoms with Gasteiger partial charge in [-0.3, -0.25) is 14.5 Å². The van der Waals surface area contributed by atoms with Gasteiger partial charge in [0, 0.05) is 12.2 Å². The van der Waals surface area contributed by atoms with Crippen molar-refractivity contribution in [2.45, 2.75) is 0 Å². The van der Waals surface area contributed by atoms with Crippen molar-refractivity contribution in [2.24, 2.45) is 0 Å². The Morgan fingerprint density at radius 1 is 0.950 bits per heavy atom. The van der Waals surface area contributed by atoms with Crippen LogP contribution in [0.15, 0.2) is 12.2 Å². The molecule has 11 heteroatoms. The third-order valence-corrected chi connectivity index (χ3v) is 1.89. The van der Waals surface area contributed by atoms with Crippen molar-refractivity contribution in [3.05, 3.63) is 12.2 Å². The van der Waals surface area contributed by atoms with Crippen LogP contribution < -0.4 is 0 Å². The summed E-state index contributed by atoms with van der Waals surface area (Å²) in [6, 6.07) is 0. The molecule has 0 aromatic carbocycles. The number of likely N-dealkylation sites (N-methyl/N-ethyl adjacent to an activating group) is 1. The van der Waals surface area contributed by atoms with Gasteiger partial charge in [0.2, 0.25) is 0 Å². The maximum absolute atomic E-state index is 11.1. The van der Waals surface area contributed by atoms with Crippen molar-refractivity contribution in [1.29, 1.82) is 0 Å². The van der Waals surface area contributed by atoms with Gasteiger partial charge in [0.1, 0.15) is 0 Å². The van der Waals surface area contributed by atoms with Crippen LogP contribution in [0, 0.1) is 0 Å². The first kappa shape index (κ1) is 18.8. The second-order valence-corrected chi connectivity index (χ2v) is 7.05. The van der Waals surface area contributed by atoms with E-state index in [0.717, 1.165) is 11.0 Å². The zero-order chi connectivity index (χ0) is 16.5. The summed E-state index contributed by atoms with van der Waals surface area (Å²) in [7, 11) is -4.58. The summed E-state index contributed by atoms with van der Waals surface area (Å²) in [6.07, 6.45) is 2.63. The van der Waals surface area contributed by atoms with E-state index < -0.39 is 7.81 Å². The van der Waals surface area contributed by atoms with Gasteiger partial charge in [-0.25, -0.2) is 0 Å². The van der Waals surface area contributed by atoms with Crippen molar-refractivity contribution < 1.29 is 39.3 Å². The quantitative estimate of drug-likeness (QED) is 0.346. The molecule has 1 heterocycles. The zero-order valence-corrected chi connectivity index (χ0v) is 11.9. The number of rotatable bonds is 3. The molecule has 0 bridgehead atoms. The van der Waals surface area contributed by atoms with Gasteiger partial charge in [-0.1, -0.05) is 0 Å². The Morgan fingerprint density at radius 3 is 1.50 bits per heavy atom. The van der Waals surface area contributed by atoms with Crippen LogP contribution in [-0.4, -0.2) is 55.4 Å². The molecule has 1 rings (SSSR count). The molecular formula is C9H15F6N2O2P. The predicted octanol–water partition coefficient (Wildman–Crippen LogP) is 3.00. The summed E-state index contributed by atoms with van der Waals surface area (Å²) in [5.41, 5.74) is 0. The fourth-order valence-corrected chi connectivity index (χ4v) is 1.05. The maximum atomic E-state index is 11.1. The van der Waals surface area contributed by atoms with Crippen molar-refractivity contribution in [1.82, 2.24) is 4.90 Å². The van der Waals surface area contributed by atoms with E-state index in [9.17, 15) is 34.8 Å². The minimum absolute atomic E-state index is 0.196. The van der Waals surface area contributed by atoms with Crippen LogP contribution in [0.1, 0.15) is 0 Å². The molecule has 0 radical (unpaired) electrons. The molecule has 0 atom stereocenters. The molecule has 0 aromatic rings. The molecule has 0 N–H and O–H groups in total. The Labute approximate surface area is 111 Å². The number of carbonyl (C=O) groups excluding carboxylic acids is 2. The molecule has 0 fully saturated rings. The molecule has 120 valence electrons. The van der Waals surface area contributed by atoms with Crippen molar-refractivity contribution in [3.63, 3.8) is 0 Å². The van der Waals surface area contributed by atoms with Crippen LogP contribution in [0.2, 0.25) is 0 Å². The van der Waals surface area contributed by atoms with Gasteiger partial charge in [0.15, 0.2) is 0 Å². The summed E-state index contributed by atoms with van der Waals surface area (Å²) < 4.78 is 59.9. The first-order valence-corrected chi connectivity index (χ1v) is 7.28. The Balaban J connectivity index is 0.000000441. The van der Waals surface area contributed by atoms with Crippen LogP contribution >= 0.6 is 7.81 Å².